The zero-order valence-corrected chi connectivity index (χ0v) is 14.9. The van der Waals surface area contributed by atoms with E-state index in [1.54, 1.807) is 0 Å². The second kappa shape index (κ2) is 9.41. The second-order valence-corrected chi connectivity index (χ2v) is 7.76. The van der Waals surface area contributed by atoms with E-state index in [-0.39, 0.29) is 0 Å². The SMILES string of the molecule is CCO[Si](CCCc1ccc(C(F)(F)F)cc1)(OCC)OCC. The van der Waals surface area contributed by atoms with Gasteiger partial charge in [0, 0.05) is 25.9 Å². The smallest absolute Gasteiger partial charge is 0.374 e. The van der Waals surface area contributed by atoms with Crippen molar-refractivity contribution in [2.24, 2.45) is 0 Å². The van der Waals surface area contributed by atoms with Gasteiger partial charge in [0.25, 0.3) is 0 Å². The Morgan fingerprint density at radius 3 is 1.74 bits per heavy atom. The summed E-state index contributed by atoms with van der Waals surface area (Å²) >= 11 is 0. The Balaban J connectivity index is 2.61. The summed E-state index contributed by atoms with van der Waals surface area (Å²) in [6.45, 7) is 7.26. The van der Waals surface area contributed by atoms with E-state index in [1.165, 1.54) is 12.1 Å². The van der Waals surface area contributed by atoms with E-state index in [2.05, 4.69) is 0 Å². The minimum Gasteiger partial charge on any atom is -0.374 e. The summed E-state index contributed by atoms with van der Waals surface area (Å²) in [7, 11) is -2.67. The van der Waals surface area contributed by atoms with Crippen LogP contribution in [0, 0.1) is 0 Å². The molecule has 0 heterocycles. The molecule has 0 fully saturated rings. The summed E-state index contributed by atoms with van der Waals surface area (Å²) in [6, 6.07) is 5.94. The molecule has 0 saturated carbocycles. The standard InChI is InChI=1S/C16H25F3O3Si/c1-4-20-23(21-5-2,22-6-3)13-7-8-14-9-11-15(12-10-14)16(17,18)19/h9-12H,4-8,13H2,1-3H3. The van der Waals surface area contributed by atoms with E-state index < -0.39 is 20.5 Å². The Morgan fingerprint density at radius 2 is 1.35 bits per heavy atom. The van der Waals surface area contributed by atoms with Crippen LogP contribution in [0.2, 0.25) is 6.04 Å². The van der Waals surface area contributed by atoms with Gasteiger partial charge in [-0.05, 0) is 51.3 Å². The van der Waals surface area contributed by atoms with Gasteiger partial charge in [0.2, 0.25) is 0 Å². The number of aryl methyl sites for hydroxylation is 1. The Bertz CT molecular complexity index is 432. The Labute approximate surface area is 137 Å². The van der Waals surface area contributed by atoms with Crippen LogP contribution in [0.15, 0.2) is 24.3 Å². The highest BCUT2D eigenvalue weighted by atomic mass is 28.4. The van der Waals surface area contributed by atoms with Crippen LogP contribution in [-0.2, 0) is 25.9 Å². The quantitative estimate of drug-likeness (QED) is 0.573. The molecule has 0 aliphatic heterocycles. The molecule has 0 aliphatic carbocycles. The molecule has 3 nitrogen and oxygen atoms in total. The molecule has 0 spiro atoms. The first-order valence-electron chi connectivity index (χ1n) is 7.95. The second-order valence-electron chi connectivity index (χ2n) is 5.03. The summed E-state index contributed by atoms with van der Waals surface area (Å²) in [5.41, 5.74) is 0.244. The highest BCUT2D eigenvalue weighted by Gasteiger charge is 2.39. The van der Waals surface area contributed by atoms with E-state index in [4.69, 9.17) is 13.3 Å². The van der Waals surface area contributed by atoms with Crippen LogP contribution in [0.25, 0.3) is 0 Å². The molecule has 0 N–H and O–H groups in total. The van der Waals surface area contributed by atoms with E-state index >= 15 is 0 Å². The zero-order chi connectivity index (χ0) is 17.3. The number of alkyl halides is 3. The van der Waals surface area contributed by atoms with Crippen molar-refractivity contribution in [2.75, 3.05) is 19.8 Å². The molecule has 0 aromatic heterocycles. The van der Waals surface area contributed by atoms with Gasteiger partial charge < -0.3 is 13.3 Å². The summed E-state index contributed by atoms with van der Waals surface area (Å²) in [4.78, 5) is 0. The topological polar surface area (TPSA) is 27.7 Å². The molecule has 0 bridgehead atoms. The van der Waals surface area contributed by atoms with Gasteiger partial charge in [-0.2, -0.15) is 13.2 Å². The predicted octanol–water partition coefficient (Wildman–Crippen LogP) is 4.69. The summed E-state index contributed by atoms with van der Waals surface area (Å²) in [5.74, 6) is 0. The van der Waals surface area contributed by atoms with Gasteiger partial charge in [-0.3, -0.25) is 0 Å². The molecule has 0 radical (unpaired) electrons. The number of hydrogen-bond donors (Lipinski definition) is 0. The van der Waals surface area contributed by atoms with Crippen molar-refractivity contribution in [3.8, 4) is 0 Å². The number of benzene rings is 1. The van der Waals surface area contributed by atoms with Crippen LogP contribution < -0.4 is 0 Å². The first kappa shape index (κ1) is 20.2. The van der Waals surface area contributed by atoms with Crippen LogP contribution >= 0.6 is 0 Å². The molecule has 0 atom stereocenters. The van der Waals surface area contributed by atoms with Gasteiger partial charge in [-0.15, -0.1) is 0 Å². The first-order chi connectivity index (χ1) is 10.9. The van der Waals surface area contributed by atoms with Gasteiger partial charge in [0.05, 0.1) is 5.56 Å². The normalized spacial score (nSPS) is 12.6. The van der Waals surface area contributed by atoms with Gasteiger partial charge in [0.1, 0.15) is 0 Å². The molecular formula is C16H25F3O3Si. The predicted molar refractivity (Wildman–Crippen MR) is 85.2 cm³/mol. The number of hydrogen-bond acceptors (Lipinski definition) is 3. The molecule has 7 heteroatoms. The average Bonchev–Trinajstić information content (AvgIpc) is 2.48. The van der Waals surface area contributed by atoms with Crippen molar-refractivity contribution in [1.82, 2.24) is 0 Å². The summed E-state index contributed by atoms with van der Waals surface area (Å²) < 4.78 is 54.9. The monoisotopic (exact) mass is 350 g/mol. The Morgan fingerprint density at radius 1 is 0.870 bits per heavy atom. The number of rotatable bonds is 10. The maximum Gasteiger partial charge on any atom is 0.500 e. The Kier molecular flexibility index (Phi) is 8.25. The lowest BCUT2D eigenvalue weighted by molar-refractivity contribution is -0.137. The van der Waals surface area contributed by atoms with Crippen molar-refractivity contribution in [1.29, 1.82) is 0 Å². The third kappa shape index (κ3) is 6.62. The van der Waals surface area contributed by atoms with Crippen molar-refractivity contribution in [3.05, 3.63) is 35.4 Å². The van der Waals surface area contributed by atoms with Gasteiger partial charge >= 0.3 is 15.0 Å². The van der Waals surface area contributed by atoms with Crippen LogP contribution in [0.1, 0.15) is 38.3 Å². The number of halogens is 3. The lowest BCUT2D eigenvalue weighted by atomic mass is 10.1. The van der Waals surface area contributed by atoms with E-state index in [0.717, 1.165) is 24.1 Å². The fourth-order valence-corrected chi connectivity index (χ4v) is 4.98. The van der Waals surface area contributed by atoms with Gasteiger partial charge in [0.15, 0.2) is 0 Å². The van der Waals surface area contributed by atoms with Crippen LogP contribution in [-0.4, -0.2) is 28.6 Å². The highest BCUT2D eigenvalue weighted by Crippen LogP contribution is 2.29. The molecule has 1 rings (SSSR count). The summed E-state index contributed by atoms with van der Waals surface area (Å²) in [5, 5.41) is 0. The fraction of sp³-hybridized carbons (Fsp3) is 0.625. The lowest BCUT2D eigenvalue weighted by Crippen LogP contribution is -2.46. The third-order valence-electron chi connectivity index (χ3n) is 3.32. The van der Waals surface area contributed by atoms with Crippen LogP contribution in [0.5, 0.6) is 0 Å². The molecular weight excluding hydrogens is 325 g/mol. The van der Waals surface area contributed by atoms with Crippen molar-refractivity contribution in [2.45, 2.75) is 45.8 Å². The van der Waals surface area contributed by atoms with E-state index in [1.807, 2.05) is 20.8 Å². The largest absolute Gasteiger partial charge is 0.500 e. The molecule has 0 aliphatic rings. The molecule has 132 valence electrons. The molecule has 0 unspecified atom stereocenters. The first-order valence-corrected chi connectivity index (χ1v) is 9.88. The Hall–Kier alpha value is -0.893. The molecule has 1 aromatic rings. The zero-order valence-electron chi connectivity index (χ0n) is 13.9. The van der Waals surface area contributed by atoms with Crippen LogP contribution in [0.3, 0.4) is 0 Å². The highest BCUT2D eigenvalue weighted by molar-refractivity contribution is 6.60. The maximum atomic E-state index is 12.5. The van der Waals surface area contributed by atoms with Crippen LogP contribution in [0.4, 0.5) is 13.2 Å². The fourth-order valence-electron chi connectivity index (χ4n) is 2.37. The van der Waals surface area contributed by atoms with Gasteiger partial charge in [-0.1, -0.05) is 12.1 Å². The third-order valence-corrected chi connectivity index (χ3v) is 6.47. The van der Waals surface area contributed by atoms with E-state index in [0.29, 0.717) is 32.3 Å². The van der Waals surface area contributed by atoms with E-state index in [9.17, 15) is 13.2 Å². The average molecular weight is 350 g/mol. The van der Waals surface area contributed by atoms with Crippen molar-refractivity contribution < 1.29 is 26.4 Å². The minimum absolute atomic E-state index is 0.520. The molecule has 0 saturated heterocycles. The molecule has 1 aromatic carbocycles. The lowest BCUT2D eigenvalue weighted by Gasteiger charge is -2.28. The van der Waals surface area contributed by atoms with Crippen molar-refractivity contribution in [3.63, 3.8) is 0 Å². The van der Waals surface area contributed by atoms with Gasteiger partial charge in [-0.25, -0.2) is 0 Å². The van der Waals surface area contributed by atoms with Crippen molar-refractivity contribution >= 4 is 8.80 Å². The molecule has 23 heavy (non-hydrogen) atoms. The minimum atomic E-state index is -4.29. The molecule has 0 amide bonds. The maximum absolute atomic E-state index is 12.5. The summed E-state index contributed by atoms with van der Waals surface area (Å²) in [6.07, 6.45) is -2.88.